The van der Waals surface area contributed by atoms with Gasteiger partial charge in [0.25, 0.3) is 0 Å². The zero-order valence-corrected chi connectivity index (χ0v) is 10.4. The Hall–Kier alpha value is -1.42. The van der Waals surface area contributed by atoms with Crippen LogP contribution in [0, 0.1) is 6.92 Å². The van der Waals surface area contributed by atoms with Crippen molar-refractivity contribution >= 4 is 12.6 Å². The number of hydrogen-bond acceptors (Lipinski definition) is 2. The Balaban J connectivity index is 2.47. The monoisotopic (exact) mass is 233 g/mol. The van der Waals surface area contributed by atoms with E-state index in [2.05, 4.69) is 16.6 Å². The van der Waals surface area contributed by atoms with Crippen LogP contribution in [-0.2, 0) is 19.2 Å². The maximum Gasteiger partial charge on any atom is 0.237 e. The minimum Gasteiger partial charge on any atom is -0.703 e. The van der Waals surface area contributed by atoms with Crippen molar-refractivity contribution in [2.45, 2.75) is 32.0 Å². The van der Waals surface area contributed by atoms with Crippen molar-refractivity contribution in [1.82, 2.24) is 9.78 Å². The molecule has 1 aromatic heterocycles. The number of aromatic nitrogens is 3. The maximum absolute atomic E-state index is 5.26. The van der Waals surface area contributed by atoms with Gasteiger partial charge in [-0.25, -0.2) is 0 Å². The van der Waals surface area contributed by atoms with Gasteiger partial charge in [0.05, 0.1) is 6.54 Å². The fourth-order valence-corrected chi connectivity index (χ4v) is 2.06. The lowest BCUT2D eigenvalue weighted by atomic mass is 10.3. The van der Waals surface area contributed by atoms with Crippen molar-refractivity contribution in [3.05, 3.63) is 36.2 Å². The number of nitrogens with zero attached hydrogens (tertiary/aromatic N) is 3. The third-order valence-electron chi connectivity index (χ3n) is 2.56. The zero-order valence-electron chi connectivity index (χ0n) is 9.55. The molecular formula is C12H15N3S. The van der Waals surface area contributed by atoms with Crippen molar-refractivity contribution in [3.8, 4) is 5.69 Å². The van der Waals surface area contributed by atoms with Gasteiger partial charge >= 0.3 is 0 Å². The first kappa shape index (κ1) is 11.1. The number of hydrogen-bond donors (Lipinski definition) is 0. The first-order valence-electron chi connectivity index (χ1n) is 5.46. The van der Waals surface area contributed by atoms with Crippen molar-refractivity contribution in [2.24, 2.45) is 0 Å². The van der Waals surface area contributed by atoms with Gasteiger partial charge in [0.1, 0.15) is 5.69 Å². The molecule has 0 unspecified atom stereocenters. The van der Waals surface area contributed by atoms with Crippen molar-refractivity contribution in [1.29, 1.82) is 0 Å². The fraction of sp³-hybridized carbons (Fsp3) is 0.333. The summed E-state index contributed by atoms with van der Waals surface area (Å²) >= 11 is 5.26. The zero-order chi connectivity index (χ0) is 11.5. The summed E-state index contributed by atoms with van der Waals surface area (Å²) in [5.41, 5.74) is 1.06. The van der Waals surface area contributed by atoms with Gasteiger partial charge in [0.15, 0.2) is 5.16 Å². The Morgan fingerprint density at radius 1 is 1.31 bits per heavy atom. The van der Waals surface area contributed by atoms with Crippen LogP contribution in [0.25, 0.3) is 5.69 Å². The summed E-state index contributed by atoms with van der Waals surface area (Å²) in [4.78, 5) is 0. The SMILES string of the molecule is CCC[n+]1c([S-])nn(-c2ccccc2)c1C. The molecule has 0 radical (unpaired) electrons. The molecule has 84 valence electrons. The Morgan fingerprint density at radius 3 is 2.62 bits per heavy atom. The average Bonchev–Trinajstić information content (AvgIpc) is 2.59. The molecule has 0 saturated carbocycles. The second-order valence-corrected chi connectivity index (χ2v) is 4.09. The van der Waals surface area contributed by atoms with Gasteiger partial charge in [-0.2, -0.15) is 0 Å². The molecule has 0 fully saturated rings. The van der Waals surface area contributed by atoms with Gasteiger partial charge in [-0.3, -0.25) is 4.57 Å². The maximum atomic E-state index is 5.26. The van der Waals surface area contributed by atoms with Crippen molar-refractivity contribution in [3.63, 3.8) is 0 Å². The van der Waals surface area contributed by atoms with Crippen molar-refractivity contribution in [2.75, 3.05) is 0 Å². The molecule has 1 heterocycles. The molecule has 0 N–H and O–H groups in total. The van der Waals surface area contributed by atoms with E-state index in [9.17, 15) is 0 Å². The van der Waals surface area contributed by atoms with Crippen LogP contribution < -0.4 is 4.57 Å². The first-order valence-corrected chi connectivity index (χ1v) is 5.86. The topological polar surface area (TPSA) is 21.7 Å². The minimum atomic E-state index is 0.656. The highest BCUT2D eigenvalue weighted by molar-refractivity contribution is 7.58. The van der Waals surface area contributed by atoms with Gasteiger partial charge in [-0.1, -0.05) is 29.8 Å². The van der Waals surface area contributed by atoms with E-state index in [1.165, 1.54) is 0 Å². The molecule has 1 aromatic carbocycles. The Kier molecular flexibility index (Phi) is 3.19. The molecule has 0 aliphatic heterocycles. The van der Waals surface area contributed by atoms with E-state index >= 15 is 0 Å². The van der Waals surface area contributed by atoms with Crippen LogP contribution in [0.1, 0.15) is 19.2 Å². The molecular weight excluding hydrogens is 218 g/mol. The first-order chi connectivity index (χ1) is 7.74. The fourth-order valence-electron chi connectivity index (χ4n) is 1.76. The molecule has 0 spiro atoms. The van der Waals surface area contributed by atoms with E-state index in [1.54, 1.807) is 0 Å². The minimum absolute atomic E-state index is 0.656. The average molecular weight is 233 g/mol. The quantitative estimate of drug-likeness (QED) is 0.595. The highest BCUT2D eigenvalue weighted by atomic mass is 32.1. The molecule has 3 nitrogen and oxygen atoms in total. The molecule has 0 bridgehead atoms. The van der Waals surface area contributed by atoms with Gasteiger partial charge in [0, 0.05) is 12.0 Å². The van der Waals surface area contributed by atoms with E-state index in [-0.39, 0.29) is 0 Å². The predicted octanol–water partition coefficient (Wildman–Crippen LogP) is 1.78. The Bertz CT molecular complexity index is 477. The summed E-state index contributed by atoms with van der Waals surface area (Å²) < 4.78 is 3.97. The van der Waals surface area contributed by atoms with Crippen molar-refractivity contribution < 1.29 is 4.57 Å². The predicted molar refractivity (Wildman–Crippen MR) is 64.4 cm³/mol. The molecule has 0 saturated heterocycles. The number of benzene rings is 1. The molecule has 4 heteroatoms. The summed E-state index contributed by atoms with van der Waals surface area (Å²) in [6.07, 6.45) is 1.07. The van der Waals surface area contributed by atoms with E-state index in [0.29, 0.717) is 5.16 Å². The lowest BCUT2D eigenvalue weighted by molar-refractivity contribution is -0.738. The highest BCUT2D eigenvalue weighted by Crippen LogP contribution is 2.07. The summed E-state index contributed by atoms with van der Waals surface area (Å²) in [7, 11) is 0. The van der Waals surface area contributed by atoms with Gasteiger partial charge < -0.3 is 12.6 Å². The highest BCUT2D eigenvalue weighted by Gasteiger charge is 2.15. The normalized spacial score (nSPS) is 10.6. The third kappa shape index (κ3) is 1.93. The second kappa shape index (κ2) is 4.61. The van der Waals surface area contributed by atoms with Crippen LogP contribution in [0.15, 0.2) is 35.5 Å². The summed E-state index contributed by atoms with van der Waals surface area (Å²) in [5, 5.41) is 5.05. The summed E-state index contributed by atoms with van der Waals surface area (Å²) in [5.74, 6) is 1.08. The smallest absolute Gasteiger partial charge is 0.237 e. The molecule has 16 heavy (non-hydrogen) atoms. The van der Waals surface area contributed by atoms with Crippen LogP contribution in [0.5, 0.6) is 0 Å². The second-order valence-electron chi connectivity index (χ2n) is 3.73. The van der Waals surface area contributed by atoms with Crippen LogP contribution in [0.4, 0.5) is 0 Å². The Morgan fingerprint density at radius 2 is 2.00 bits per heavy atom. The van der Waals surface area contributed by atoms with Crippen LogP contribution in [-0.4, -0.2) is 9.78 Å². The van der Waals surface area contributed by atoms with Crippen LogP contribution in [0.3, 0.4) is 0 Å². The van der Waals surface area contributed by atoms with E-state index in [1.807, 2.05) is 41.9 Å². The van der Waals surface area contributed by atoms with Gasteiger partial charge in [-0.15, -0.1) is 0 Å². The molecule has 0 aliphatic rings. The molecule has 2 rings (SSSR count). The van der Waals surface area contributed by atoms with E-state index < -0.39 is 0 Å². The summed E-state index contributed by atoms with van der Waals surface area (Å²) in [6, 6.07) is 10.1. The molecule has 0 atom stereocenters. The van der Waals surface area contributed by atoms with Crippen LogP contribution >= 0.6 is 0 Å². The largest absolute Gasteiger partial charge is 0.703 e. The lowest BCUT2D eigenvalue weighted by Crippen LogP contribution is -2.37. The van der Waals surface area contributed by atoms with E-state index in [0.717, 1.165) is 24.5 Å². The van der Waals surface area contributed by atoms with Crippen LogP contribution in [0.2, 0.25) is 0 Å². The Labute approximate surface area is 101 Å². The standard InChI is InChI=1S/C12H15N3S/c1-3-9-14-10(2)15(13-12(14)16)11-7-5-4-6-8-11/h4-8H,3,9H2,1-2H3. The van der Waals surface area contributed by atoms with Gasteiger partial charge in [-0.05, 0) is 18.6 Å². The number of rotatable bonds is 3. The lowest BCUT2D eigenvalue weighted by Gasteiger charge is -2.01. The molecule has 0 aliphatic carbocycles. The van der Waals surface area contributed by atoms with E-state index in [4.69, 9.17) is 12.6 Å². The molecule has 2 aromatic rings. The van der Waals surface area contributed by atoms with Gasteiger partial charge in [0.2, 0.25) is 5.82 Å². The molecule has 0 amide bonds. The third-order valence-corrected chi connectivity index (χ3v) is 2.86. The summed E-state index contributed by atoms with van der Waals surface area (Å²) in [6.45, 7) is 5.12. The number of para-hydroxylation sites is 1.